The maximum Gasteiger partial charge on any atom is 0.152 e. The van der Waals surface area contributed by atoms with Crippen LogP contribution in [0.3, 0.4) is 0 Å². The summed E-state index contributed by atoms with van der Waals surface area (Å²) in [6, 6.07) is 3.27. The molecule has 0 saturated heterocycles. The maximum atomic E-state index is 9.46. The first-order valence-corrected chi connectivity index (χ1v) is 6.14. The Morgan fingerprint density at radius 1 is 1.33 bits per heavy atom. The standard InChI is InChI=1S/C12H13Cl2N3O/c1-7-8(6-16-17(7)2)5-15-9-3-10(13)12(18)11(14)4-9/h3-4,6,15,18H,5H2,1-2H3. The number of rotatable bonds is 3. The molecular formula is C12H13Cl2N3O. The van der Waals surface area contributed by atoms with E-state index in [2.05, 4.69) is 10.4 Å². The van der Waals surface area contributed by atoms with Gasteiger partial charge in [-0.05, 0) is 19.1 Å². The first kappa shape index (κ1) is 13.1. The number of hydrogen-bond donors (Lipinski definition) is 2. The second-order valence-corrected chi connectivity index (χ2v) is 4.84. The largest absolute Gasteiger partial charge is 0.505 e. The molecule has 4 nitrogen and oxygen atoms in total. The fraction of sp³-hybridized carbons (Fsp3) is 0.250. The van der Waals surface area contributed by atoms with E-state index >= 15 is 0 Å². The summed E-state index contributed by atoms with van der Waals surface area (Å²) in [5, 5.41) is 17.3. The van der Waals surface area contributed by atoms with Crippen LogP contribution in [0.25, 0.3) is 0 Å². The molecule has 1 heterocycles. The SMILES string of the molecule is Cc1c(CNc2cc(Cl)c(O)c(Cl)c2)cnn1C. The Labute approximate surface area is 115 Å². The molecule has 0 amide bonds. The molecule has 2 rings (SSSR count). The zero-order chi connectivity index (χ0) is 13.3. The highest BCUT2D eigenvalue weighted by Crippen LogP contribution is 2.34. The van der Waals surface area contributed by atoms with Crippen molar-refractivity contribution in [1.29, 1.82) is 0 Å². The molecule has 0 atom stereocenters. The van der Waals surface area contributed by atoms with Crippen LogP contribution in [-0.4, -0.2) is 14.9 Å². The second kappa shape index (κ2) is 5.08. The van der Waals surface area contributed by atoms with Gasteiger partial charge in [-0.1, -0.05) is 23.2 Å². The lowest BCUT2D eigenvalue weighted by Crippen LogP contribution is -2.01. The lowest BCUT2D eigenvalue weighted by Gasteiger charge is -2.08. The van der Waals surface area contributed by atoms with Gasteiger partial charge in [-0.2, -0.15) is 5.10 Å². The fourth-order valence-electron chi connectivity index (χ4n) is 1.58. The molecule has 0 bridgehead atoms. The first-order chi connectivity index (χ1) is 8.49. The van der Waals surface area contributed by atoms with E-state index in [0.717, 1.165) is 16.9 Å². The Bertz CT molecular complexity index is 558. The number of benzene rings is 1. The molecule has 0 aliphatic carbocycles. The van der Waals surface area contributed by atoms with Gasteiger partial charge in [0.25, 0.3) is 0 Å². The van der Waals surface area contributed by atoms with Crippen molar-refractivity contribution in [2.75, 3.05) is 5.32 Å². The zero-order valence-corrected chi connectivity index (χ0v) is 11.5. The highest BCUT2D eigenvalue weighted by Gasteiger charge is 2.08. The van der Waals surface area contributed by atoms with Crippen molar-refractivity contribution < 1.29 is 5.11 Å². The van der Waals surface area contributed by atoms with Gasteiger partial charge >= 0.3 is 0 Å². The van der Waals surface area contributed by atoms with Crippen LogP contribution in [0.2, 0.25) is 10.0 Å². The topological polar surface area (TPSA) is 50.1 Å². The van der Waals surface area contributed by atoms with Gasteiger partial charge in [0, 0.05) is 30.5 Å². The summed E-state index contributed by atoms with van der Waals surface area (Å²) in [4.78, 5) is 0. The predicted octanol–water partition coefficient (Wildman–Crippen LogP) is 3.35. The molecule has 0 unspecified atom stereocenters. The van der Waals surface area contributed by atoms with Gasteiger partial charge in [-0.15, -0.1) is 0 Å². The molecular weight excluding hydrogens is 273 g/mol. The molecule has 2 N–H and O–H groups in total. The highest BCUT2D eigenvalue weighted by molar-refractivity contribution is 6.37. The van der Waals surface area contributed by atoms with Crippen molar-refractivity contribution in [3.63, 3.8) is 0 Å². The van der Waals surface area contributed by atoms with Crippen molar-refractivity contribution in [3.05, 3.63) is 39.6 Å². The lowest BCUT2D eigenvalue weighted by molar-refractivity contribution is 0.476. The van der Waals surface area contributed by atoms with Gasteiger partial charge in [-0.3, -0.25) is 4.68 Å². The molecule has 0 radical (unpaired) electrons. The smallest absolute Gasteiger partial charge is 0.152 e. The number of phenols is 1. The molecule has 0 aliphatic rings. The molecule has 1 aromatic carbocycles. The Hall–Kier alpha value is -1.39. The van der Waals surface area contributed by atoms with Crippen LogP contribution < -0.4 is 5.32 Å². The third kappa shape index (κ3) is 2.54. The summed E-state index contributed by atoms with van der Waals surface area (Å²) in [7, 11) is 1.90. The number of aromatic hydroxyl groups is 1. The minimum absolute atomic E-state index is 0.0959. The van der Waals surface area contributed by atoms with Gasteiger partial charge in [0.1, 0.15) is 0 Å². The summed E-state index contributed by atoms with van der Waals surface area (Å²) in [5.74, 6) is -0.0959. The van der Waals surface area contributed by atoms with Crippen molar-refractivity contribution in [2.24, 2.45) is 7.05 Å². The molecule has 2 aromatic rings. The summed E-state index contributed by atoms with van der Waals surface area (Å²) in [6.07, 6.45) is 1.81. The molecule has 0 saturated carbocycles. The average Bonchev–Trinajstić information content (AvgIpc) is 2.64. The van der Waals surface area contributed by atoms with Crippen LogP contribution >= 0.6 is 23.2 Å². The van der Waals surface area contributed by atoms with Crippen molar-refractivity contribution in [1.82, 2.24) is 9.78 Å². The number of nitrogens with zero attached hydrogens (tertiary/aromatic N) is 2. The van der Waals surface area contributed by atoms with Crippen molar-refractivity contribution in [3.8, 4) is 5.75 Å². The van der Waals surface area contributed by atoms with Crippen LogP contribution in [0.15, 0.2) is 18.3 Å². The van der Waals surface area contributed by atoms with E-state index in [0.29, 0.717) is 6.54 Å². The summed E-state index contributed by atoms with van der Waals surface area (Å²) < 4.78 is 1.81. The predicted molar refractivity (Wildman–Crippen MR) is 73.4 cm³/mol. The number of anilines is 1. The molecule has 0 spiro atoms. The Balaban J connectivity index is 2.13. The van der Waals surface area contributed by atoms with Gasteiger partial charge in [-0.25, -0.2) is 0 Å². The Kier molecular flexibility index (Phi) is 3.68. The van der Waals surface area contributed by atoms with Gasteiger partial charge in [0.05, 0.1) is 16.2 Å². The maximum absolute atomic E-state index is 9.46. The Morgan fingerprint density at radius 2 is 1.94 bits per heavy atom. The number of halogens is 2. The number of phenolic OH excluding ortho intramolecular Hbond substituents is 1. The third-order valence-corrected chi connectivity index (χ3v) is 3.41. The van der Waals surface area contributed by atoms with E-state index in [-0.39, 0.29) is 15.8 Å². The van der Waals surface area contributed by atoms with Crippen LogP contribution in [0.5, 0.6) is 5.75 Å². The zero-order valence-electron chi connectivity index (χ0n) is 10.0. The van der Waals surface area contributed by atoms with E-state index in [1.54, 1.807) is 12.1 Å². The summed E-state index contributed by atoms with van der Waals surface area (Å²) in [6.45, 7) is 2.62. The fourth-order valence-corrected chi connectivity index (χ4v) is 2.07. The number of aryl methyl sites for hydroxylation is 1. The lowest BCUT2D eigenvalue weighted by atomic mass is 10.2. The van der Waals surface area contributed by atoms with Crippen LogP contribution in [0.1, 0.15) is 11.3 Å². The summed E-state index contributed by atoms with van der Waals surface area (Å²) >= 11 is 11.7. The van der Waals surface area contributed by atoms with E-state index in [1.165, 1.54) is 0 Å². The van der Waals surface area contributed by atoms with Gasteiger partial charge in [0.2, 0.25) is 0 Å². The molecule has 0 aliphatic heterocycles. The van der Waals surface area contributed by atoms with Gasteiger partial charge < -0.3 is 10.4 Å². The Morgan fingerprint density at radius 3 is 2.44 bits per heavy atom. The monoisotopic (exact) mass is 285 g/mol. The van der Waals surface area contributed by atoms with E-state index in [4.69, 9.17) is 23.2 Å². The average molecular weight is 286 g/mol. The van der Waals surface area contributed by atoms with Crippen LogP contribution in [0.4, 0.5) is 5.69 Å². The summed E-state index contributed by atoms with van der Waals surface area (Å²) in [5.41, 5.74) is 2.95. The minimum atomic E-state index is -0.0959. The molecule has 18 heavy (non-hydrogen) atoms. The highest BCUT2D eigenvalue weighted by atomic mass is 35.5. The van der Waals surface area contributed by atoms with E-state index in [9.17, 15) is 5.11 Å². The van der Waals surface area contributed by atoms with Crippen molar-refractivity contribution >= 4 is 28.9 Å². The van der Waals surface area contributed by atoms with Crippen molar-refractivity contribution in [2.45, 2.75) is 13.5 Å². The molecule has 0 fully saturated rings. The number of nitrogens with one attached hydrogen (secondary N) is 1. The van der Waals surface area contributed by atoms with Crippen LogP contribution in [0, 0.1) is 6.92 Å². The molecule has 96 valence electrons. The van der Waals surface area contributed by atoms with E-state index in [1.807, 2.05) is 24.9 Å². The molecule has 6 heteroatoms. The normalized spacial score (nSPS) is 10.7. The minimum Gasteiger partial charge on any atom is -0.505 e. The quantitative estimate of drug-likeness (QED) is 0.851. The van der Waals surface area contributed by atoms with Gasteiger partial charge in [0.15, 0.2) is 5.75 Å². The van der Waals surface area contributed by atoms with E-state index < -0.39 is 0 Å². The van der Waals surface area contributed by atoms with Crippen LogP contribution in [-0.2, 0) is 13.6 Å². The number of hydrogen-bond acceptors (Lipinski definition) is 3. The number of aromatic nitrogens is 2. The molecule has 1 aromatic heterocycles. The first-order valence-electron chi connectivity index (χ1n) is 5.38. The second-order valence-electron chi connectivity index (χ2n) is 4.02. The third-order valence-electron chi connectivity index (χ3n) is 2.84.